The highest BCUT2D eigenvalue weighted by atomic mass is 32.2. The van der Waals surface area contributed by atoms with Crippen LogP contribution in [0.1, 0.15) is 22.8 Å². The molecule has 0 aliphatic heterocycles. The first-order valence-corrected chi connectivity index (χ1v) is 9.20. The van der Waals surface area contributed by atoms with E-state index >= 15 is 0 Å². The summed E-state index contributed by atoms with van der Waals surface area (Å²) >= 11 is 0. The predicted molar refractivity (Wildman–Crippen MR) is 95.6 cm³/mol. The molecule has 0 saturated heterocycles. The number of ketones is 2. The minimum Gasteiger partial charge on any atom is -0.299 e. The fourth-order valence-electron chi connectivity index (χ4n) is 2.94. The molecule has 2 N–H and O–H groups in total. The number of Topliss-reactive ketones (excluding diaryl/α,β-unsaturated/α-hetero) is 2. The summed E-state index contributed by atoms with van der Waals surface area (Å²) in [7, 11) is -3.88. The Bertz CT molecular complexity index is 1120. The van der Waals surface area contributed by atoms with Gasteiger partial charge in [-0.05, 0) is 31.2 Å². The Hall–Kier alpha value is -3.24. The maximum absolute atomic E-state index is 12.6. The van der Waals surface area contributed by atoms with Crippen LogP contribution in [-0.2, 0) is 14.8 Å². The smallest absolute Gasteiger partial charge is 0.280 e. The van der Waals surface area contributed by atoms with Crippen molar-refractivity contribution >= 4 is 38.7 Å². The van der Waals surface area contributed by atoms with E-state index in [0.717, 1.165) is 0 Å². The number of primary sulfonamides is 1. The van der Waals surface area contributed by atoms with E-state index in [0.29, 0.717) is 0 Å². The molecule has 0 bridgehead atoms. The summed E-state index contributed by atoms with van der Waals surface area (Å²) < 4.78 is 22.7. The molecule has 27 heavy (non-hydrogen) atoms. The van der Waals surface area contributed by atoms with Crippen molar-refractivity contribution in [2.75, 3.05) is 0 Å². The van der Waals surface area contributed by atoms with Crippen molar-refractivity contribution in [1.29, 1.82) is 0 Å². The number of nitrogens with zero attached hydrogens (tertiary/aromatic N) is 2. The van der Waals surface area contributed by atoms with Crippen LogP contribution in [0.2, 0.25) is 0 Å². The molecule has 1 atom stereocenters. The summed E-state index contributed by atoms with van der Waals surface area (Å²) in [6.45, 7) is 1.21. The average Bonchev–Trinajstić information content (AvgIpc) is 2.87. The molecule has 3 rings (SSSR count). The van der Waals surface area contributed by atoms with Crippen molar-refractivity contribution in [2.45, 2.75) is 11.8 Å². The first kappa shape index (κ1) is 18.5. The van der Waals surface area contributed by atoms with Crippen LogP contribution >= 0.6 is 0 Å². The molecule has 0 radical (unpaired) electrons. The second kappa shape index (κ2) is 6.49. The van der Waals surface area contributed by atoms with Crippen LogP contribution in [0.5, 0.6) is 0 Å². The van der Waals surface area contributed by atoms with Crippen LogP contribution in [0.4, 0.5) is 11.4 Å². The van der Waals surface area contributed by atoms with E-state index in [1.54, 1.807) is 0 Å². The Kier molecular flexibility index (Phi) is 4.46. The number of carbonyl (C=O) groups is 2. The van der Waals surface area contributed by atoms with E-state index in [4.69, 9.17) is 5.14 Å². The lowest BCUT2D eigenvalue weighted by atomic mass is 9.99. The second-order valence-electron chi connectivity index (χ2n) is 5.90. The Morgan fingerprint density at radius 3 is 2.33 bits per heavy atom. The van der Waals surface area contributed by atoms with Crippen LogP contribution < -0.4 is 5.14 Å². The fourth-order valence-corrected chi connectivity index (χ4v) is 3.46. The first-order valence-electron chi connectivity index (χ1n) is 7.65. The van der Waals surface area contributed by atoms with Gasteiger partial charge in [-0.25, -0.2) is 13.6 Å². The fraction of sp³-hybridized carbons (Fsp3) is 0.118. The summed E-state index contributed by atoms with van der Waals surface area (Å²) in [4.78, 5) is 39.4. The SMILES string of the molecule is CC(=O)C1C(=O)c2c(cccc2[N+](=O)[O-])C1=Nc1ccc(S(N)(=O)=O)cc1. The van der Waals surface area contributed by atoms with Crippen molar-refractivity contribution in [2.24, 2.45) is 16.0 Å². The van der Waals surface area contributed by atoms with Crippen LogP contribution in [0, 0.1) is 16.0 Å². The minimum atomic E-state index is -3.88. The topological polar surface area (TPSA) is 150 Å². The van der Waals surface area contributed by atoms with E-state index < -0.39 is 38.1 Å². The number of fused-ring (bicyclic) bond motifs is 1. The van der Waals surface area contributed by atoms with Crippen molar-refractivity contribution in [1.82, 2.24) is 0 Å². The third-order valence-corrected chi connectivity index (χ3v) is 5.05. The van der Waals surface area contributed by atoms with Crippen molar-refractivity contribution in [3.05, 3.63) is 63.7 Å². The molecule has 1 unspecified atom stereocenters. The lowest BCUT2D eigenvalue weighted by Gasteiger charge is -2.06. The van der Waals surface area contributed by atoms with Crippen molar-refractivity contribution in [3.8, 4) is 0 Å². The zero-order valence-electron chi connectivity index (χ0n) is 13.9. The lowest BCUT2D eigenvalue weighted by molar-refractivity contribution is -0.385. The normalized spacial score (nSPS) is 17.8. The Labute approximate surface area is 153 Å². The highest BCUT2D eigenvalue weighted by Gasteiger charge is 2.43. The molecule has 9 nitrogen and oxygen atoms in total. The van der Waals surface area contributed by atoms with Gasteiger partial charge in [0.15, 0.2) is 5.78 Å². The zero-order chi connectivity index (χ0) is 19.9. The highest BCUT2D eigenvalue weighted by Crippen LogP contribution is 2.35. The molecule has 10 heteroatoms. The largest absolute Gasteiger partial charge is 0.299 e. The van der Waals surface area contributed by atoms with Crippen LogP contribution in [0.25, 0.3) is 0 Å². The van der Waals surface area contributed by atoms with Gasteiger partial charge in [0.25, 0.3) is 5.69 Å². The summed E-state index contributed by atoms with van der Waals surface area (Å²) in [6, 6.07) is 9.30. The monoisotopic (exact) mass is 387 g/mol. The third-order valence-electron chi connectivity index (χ3n) is 4.12. The van der Waals surface area contributed by atoms with Gasteiger partial charge in [-0.2, -0.15) is 0 Å². The average molecular weight is 387 g/mol. The maximum atomic E-state index is 12.6. The van der Waals surface area contributed by atoms with Gasteiger partial charge in [0.1, 0.15) is 17.3 Å². The Morgan fingerprint density at radius 1 is 1.19 bits per heavy atom. The van der Waals surface area contributed by atoms with Gasteiger partial charge < -0.3 is 0 Å². The van der Waals surface area contributed by atoms with E-state index in [1.165, 1.54) is 49.4 Å². The Balaban J connectivity index is 2.18. The number of hydrogen-bond acceptors (Lipinski definition) is 7. The molecule has 0 spiro atoms. The molecule has 2 aromatic rings. The van der Waals surface area contributed by atoms with Gasteiger partial charge in [-0.3, -0.25) is 24.7 Å². The van der Waals surface area contributed by atoms with E-state index in [9.17, 15) is 28.1 Å². The van der Waals surface area contributed by atoms with Gasteiger partial charge >= 0.3 is 0 Å². The second-order valence-corrected chi connectivity index (χ2v) is 7.46. The number of rotatable bonds is 4. The molecule has 2 aromatic carbocycles. The summed E-state index contributed by atoms with van der Waals surface area (Å²) in [5.41, 5.74) is 0.0383. The molecule has 0 heterocycles. The summed E-state index contributed by atoms with van der Waals surface area (Å²) in [5.74, 6) is -2.42. The van der Waals surface area contributed by atoms with Crippen LogP contribution in [-0.4, -0.2) is 30.6 Å². The summed E-state index contributed by atoms with van der Waals surface area (Å²) in [6.07, 6.45) is 0. The molecular weight excluding hydrogens is 374 g/mol. The van der Waals surface area contributed by atoms with Gasteiger partial charge in [0.2, 0.25) is 10.0 Å². The third kappa shape index (κ3) is 3.27. The Morgan fingerprint density at radius 2 is 1.81 bits per heavy atom. The van der Waals surface area contributed by atoms with Crippen LogP contribution in [0.3, 0.4) is 0 Å². The molecule has 138 valence electrons. The molecular formula is C17H13N3O6S. The van der Waals surface area contributed by atoms with E-state index in [1.807, 2.05) is 0 Å². The molecule has 0 fully saturated rings. The number of nitro benzene ring substituents is 1. The number of carbonyl (C=O) groups excluding carboxylic acids is 2. The summed E-state index contributed by atoms with van der Waals surface area (Å²) in [5, 5.41) is 16.3. The number of nitrogens with two attached hydrogens (primary N) is 1. The predicted octanol–water partition coefficient (Wildman–Crippen LogP) is 1.76. The number of aliphatic imine (C=N–C) groups is 1. The number of nitro groups is 1. The molecule has 1 aliphatic carbocycles. The standard InChI is InChI=1S/C17H13N3O6S/c1-9(21)14-16(19-10-5-7-11(8-6-10)27(18,25)26)12-3-2-4-13(20(23)24)15(12)17(14)22/h2-8,14H,1H3,(H2,18,25,26). The first-order chi connectivity index (χ1) is 12.6. The van der Waals surface area contributed by atoms with E-state index in [-0.39, 0.29) is 27.4 Å². The minimum absolute atomic E-state index is 0.0922. The molecule has 1 aliphatic rings. The van der Waals surface area contributed by atoms with Gasteiger partial charge in [0, 0.05) is 11.6 Å². The lowest BCUT2D eigenvalue weighted by Crippen LogP contribution is -2.23. The molecule has 0 saturated carbocycles. The van der Waals surface area contributed by atoms with Gasteiger partial charge in [-0.15, -0.1) is 0 Å². The number of hydrogen-bond donors (Lipinski definition) is 1. The highest BCUT2D eigenvalue weighted by molar-refractivity contribution is 7.89. The van der Waals surface area contributed by atoms with Crippen molar-refractivity contribution < 1.29 is 22.9 Å². The van der Waals surface area contributed by atoms with E-state index in [2.05, 4.69) is 4.99 Å². The maximum Gasteiger partial charge on any atom is 0.280 e. The molecule has 0 aromatic heterocycles. The number of sulfonamides is 1. The zero-order valence-corrected chi connectivity index (χ0v) is 14.8. The van der Waals surface area contributed by atoms with Crippen molar-refractivity contribution in [3.63, 3.8) is 0 Å². The van der Waals surface area contributed by atoms with Gasteiger partial charge in [0.05, 0.1) is 21.2 Å². The van der Waals surface area contributed by atoms with Crippen LogP contribution in [0.15, 0.2) is 52.4 Å². The van der Waals surface area contributed by atoms with Gasteiger partial charge in [-0.1, -0.05) is 12.1 Å². The quantitative estimate of drug-likeness (QED) is 0.480. The molecule has 0 amide bonds. The number of benzene rings is 2.